The first-order valence-electron chi connectivity index (χ1n) is 6.58. The summed E-state index contributed by atoms with van der Waals surface area (Å²) in [6.07, 6.45) is 2.53. The van der Waals surface area contributed by atoms with Gasteiger partial charge in [-0.25, -0.2) is 0 Å². The highest BCUT2D eigenvalue weighted by molar-refractivity contribution is 9.11. The Bertz CT molecular complexity index is 461. The zero-order valence-electron chi connectivity index (χ0n) is 11.9. The summed E-state index contributed by atoms with van der Waals surface area (Å²) in [7, 11) is 3.26. The Morgan fingerprint density at radius 1 is 1.30 bits per heavy atom. The van der Waals surface area contributed by atoms with Crippen LogP contribution in [0.3, 0.4) is 0 Å². The van der Waals surface area contributed by atoms with Gasteiger partial charge in [0.25, 0.3) is 0 Å². The number of benzene rings is 1. The molecule has 0 aromatic heterocycles. The molecule has 0 aliphatic heterocycles. The molecular weight excluding hydrogens is 322 g/mol. The van der Waals surface area contributed by atoms with Crippen molar-refractivity contribution in [1.29, 1.82) is 0 Å². The van der Waals surface area contributed by atoms with Crippen LogP contribution in [0.15, 0.2) is 23.2 Å². The van der Waals surface area contributed by atoms with Crippen molar-refractivity contribution < 1.29 is 14.2 Å². The van der Waals surface area contributed by atoms with Crippen LogP contribution < -0.4 is 19.5 Å². The molecule has 1 fully saturated rings. The maximum atomic E-state index is 5.69. The van der Waals surface area contributed by atoms with Crippen molar-refractivity contribution in [3.63, 3.8) is 0 Å². The highest BCUT2D eigenvalue weighted by Crippen LogP contribution is 2.39. The smallest absolute Gasteiger partial charge is 0.203 e. The van der Waals surface area contributed by atoms with E-state index in [2.05, 4.69) is 27.8 Å². The van der Waals surface area contributed by atoms with Crippen LogP contribution in [0.1, 0.15) is 18.4 Å². The average Bonchev–Trinajstić information content (AvgIpc) is 3.26. The fourth-order valence-corrected chi connectivity index (χ4v) is 1.99. The molecular formula is C15H20BrNO3. The van der Waals surface area contributed by atoms with Gasteiger partial charge in [-0.05, 0) is 30.5 Å². The highest BCUT2D eigenvalue weighted by Gasteiger charge is 2.21. The number of nitrogens with one attached hydrogen (secondary N) is 1. The van der Waals surface area contributed by atoms with E-state index in [1.54, 1.807) is 14.2 Å². The lowest BCUT2D eigenvalue weighted by atomic mass is 10.1. The standard InChI is InChI=1S/C15H20BrNO3/c1-10(16)9-20-15-13(18-2)6-11(7-14(15)19-3)8-17-12-4-5-12/h6-7,12,17H,1,4-5,8-9H2,2-3H3. The number of rotatable bonds is 8. The van der Waals surface area contributed by atoms with Crippen LogP contribution >= 0.6 is 15.9 Å². The topological polar surface area (TPSA) is 39.7 Å². The van der Waals surface area contributed by atoms with E-state index in [0.29, 0.717) is 29.9 Å². The predicted molar refractivity (Wildman–Crippen MR) is 83.0 cm³/mol. The van der Waals surface area contributed by atoms with Crippen LogP contribution in [0, 0.1) is 0 Å². The zero-order chi connectivity index (χ0) is 14.5. The van der Waals surface area contributed by atoms with Crippen LogP contribution in [0.2, 0.25) is 0 Å². The Balaban J connectivity index is 2.17. The largest absolute Gasteiger partial charge is 0.493 e. The number of methoxy groups -OCH3 is 2. The molecule has 0 spiro atoms. The van der Waals surface area contributed by atoms with E-state index in [1.807, 2.05) is 12.1 Å². The van der Waals surface area contributed by atoms with Gasteiger partial charge in [0.2, 0.25) is 5.75 Å². The molecule has 0 unspecified atom stereocenters. The van der Waals surface area contributed by atoms with E-state index in [-0.39, 0.29) is 0 Å². The maximum Gasteiger partial charge on any atom is 0.203 e. The summed E-state index contributed by atoms with van der Waals surface area (Å²) in [6.45, 7) is 4.93. The molecule has 1 aromatic rings. The van der Waals surface area contributed by atoms with Crippen LogP contribution in [0.5, 0.6) is 17.2 Å². The Hall–Kier alpha value is -1.20. The fourth-order valence-electron chi connectivity index (χ4n) is 1.88. The van der Waals surface area contributed by atoms with E-state index >= 15 is 0 Å². The van der Waals surface area contributed by atoms with Crippen LogP contribution in [0.4, 0.5) is 0 Å². The molecule has 1 aliphatic rings. The third-order valence-corrected chi connectivity index (χ3v) is 3.29. The van der Waals surface area contributed by atoms with Gasteiger partial charge < -0.3 is 19.5 Å². The first-order chi connectivity index (χ1) is 9.63. The molecule has 1 aliphatic carbocycles. The van der Waals surface area contributed by atoms with Crippen LogP contribution in [-0.4, -0.2) is 26.9 Å². The van der Waals surface area contributed by atoms with Gasteiger partial charge in [0.15, 0.2) is 11.5 Å². The molecule has 0 radical (unpaired) electrons. The van der Waals surface area contributed by atoms with Gasteiger partial charge in [-0.3, -0.25) is 0 Å². The molecule has 0 amide bonds. The molecule has 1 N–H and O–H groups in total. The summed E-state index contributed by atoms with van der Waals surface area (Å²) in [5, 5.41) is 3.47. The van der Waals surface area contributed by atoms with Gasteiger partial charge in [-0.2, -0.15) is 0 Å². The van der Waals surface area contributed by atoms with Gasteiger partial charge >= 0.3 is 0 Å². The van der Waals surface area contributed by atoms with Crippen molar-refractivity contribution >= 4 is 15.9 Å². The second-order valence-electron chi connectivity index (χ2n) is 4.79. The second-order valence-corrected chi connectivity index (χ2v) is 5.91. The van der Waals surface area contributed by atoms with E-state index in [0.717, 1.165) is 16.6 Å². The molecule has 0 heterocycles. The van der Waals surface area contributed by atoms with Crippen molar-refractivity contribution in [3.05, 3.63) is 28.8 Å². The van der Waals surface area contributed by atoms with Gasteiger partial charge in [0.05, 0.1) is 14.2 Å². The molecule has 2 rings (SSSR count). The van der Waals surface area contributed by atoms with E-state index in [9.17, 15) is 0 Å². The Kier molecular flexibility index (Phi) is 5.31. The summed E-state index contributed by atoms with van der Waals surface area (Å²) in [5.41, 5.74) is 1.12. The summed E-state index contributed by atoms with van der Waals surface area (Å²) < 4.78 is 17.3. The minimum Gasteiger partial charge on any atom is -0.493 e. The minimum atomic E-state index is 0.367. The Labute approximate surface area is 128 Å². The SMILES string of the molecule is C=C(Br)COc1c(OC)cc(CNC2CC2)cc1OC. The molecule has 0 saturated heterocycles. The third kappa shape index (κ3) is 4.15. The number of hydrogen-bond acceptors (Lipinski definition) is 4. The van der Waals surface area contributed by atoms with Crippen LogP contribution in [-0.2, 0) is 6.54 Å². The van der Waals surface area contributed by atoms with E-state index < -0.39 is 0 Å². The molecule has 0 bridgehead atoms. The lowest BCUT2D eigenvalue weighted by molar-refractivity contribution is 0.299. The lowest BCUT2D eigenvalue weighted by Gasteiger charge is -2.16. The lowest BCUT2D eigenvalue weighted by Crippen LogP contribution is -2.15. The third-order valence-electron chi connectivity index (χ3n) is 3.07. The van der Waals surface area contributed by atoms with Crippen molar-refractivity contribution in [3.8, 4) is 17.2 Å². The van der Waals surface area contributed by atoms with Gasteiger partial charge in [-0.15, -0.1) is 0 Å². The molecule has 5 heteroatoms. The van der Waals surface area contributed by atoms with Crippen LogP contribution in [0.25, 0.3) is 0 Å². The van der Waals surface area contributed by atoms with Gasteiger partial charge in [0, 0.05) is 17.1 Å². The average molecular weight is 342 g/mol. The number of hydrogen-bond donors (Lipinski definition) is 1. The quantitative estimate of drug-likeness (QED) is 0.787. The van der Waals surface area contributed by atoms with Crippen molar-refractivity contribution in [2.24, 2.45) is 0 Å². The monoisotopic (exact) mass is 341 g/mol. The molecule has 1 aromatic carbocycles. The maximum absolute atomic E-state index is 5.69. The van der Waals surface area contributed by atoms with E-state index in [1.165, 1.54) is 12.8 Å². The molecule has 20 heavy (non-hydrogen) atoms. The van der Waals surface area contributed by atoms with E-state index in [4.69, 9.17) is 14.2 Å². The zero-order valence-corrected chi connectivity index (χ0v) is 13.5. The Morgan fingerprint density at radius 3 is 2.35 bits per heavy atom. The summed E-state index contributed by atoms with van der Waals surface area (Å²) in [5.74, 6) is 1.95. The normalized spacial score (nSPS) is 13.9. The first kappa shape index (κ1) is 15.2. The summed E-state index contributed by atoms with van der Waals surface area (Å²) >= 11 is 3.28. The molecule has 1 saturated carbocycles. The van der Waals surface area contributed by atoms with Gasteiger partial charge in [-0.1, -0.05) is 22.5 Å². The van der Waals surface area contributed by atoms with Crippen molar-refractivity contribution in [2.45, 2.75) is 25.4 Å². The second kappa shape index (κ2) is 6.99. The highest BCUT2D eigenvalue weighted by atomic mass is 79.9. The fraction of sp³-hybridized carbons (Fsp3) is 0.467. The van der Waals surface area contributed by atoms with Gasteiger partial charge in [0.1, 0.15) is 6.61 Å². The first-order valence-corrected chi connectivity index (χ1v) is 7.37. The van der Waals surface area contributed by atoms with Crippen molar-refractivity contribution in [1.82, 2.24) is 5.32 Å². The predicted octanol–water partition coefficient (Wildman–Crippen LogP) is 3.24. The summed E-state index contributed by atoms with van der Waals surface area (Å²) in [4.78, 5) is 0. The number of ether oxygens (including phenoxy) is 3. The minimum absolute atomic E-state index is 0.367. The number of halogens is 1. The van der Waals surface area contributed by atoms with Crippen molar-refractivity contribution in [2.75, 3.05) is 20.8 Å². The summed E-state index contributed by atoms with van der Waals surface area (Å²) in [6, 6.07) is 4.62. The Morgan fingerprint density at radius 2 is 1.90 bits per heavy atom. The molecule has 4 nitrogen and oxygen atoms in total. The molecule has 110 valence electrons. The molecule has 0 atom stereocenters.